The lowest BCUT2D eigenvalue weighted by molar-refractivity contribution is 0.404. The molecule has 0 N–H and O–H groups in total. The normalized spacial score (nSPS) is 12.9. The molecular formula is C39H66F6OSi3. The highest BCUT2D eigenvalue weighted by Crippen LogP contribution is 2.42. The smallest absolute Gasteiger partial charge is 0.254 e. The Morgan fingerprint density at radius 2 is 0.878 bits per heavy atom. The second kappa shape index (κ2) is 20.7. The van der Waals surface area contributed by atoms with Crippen LogP contribution in [0.3, 0.4) is 0 Å². The molecule has 0 unspecified atom stereocenters. The summed E-state index contributed by atoms with van der Waals surface area (Å²) in [6.07, 6.45) is 13.0. The number of hydrogen-bond donors (Lipinski definition) is 0. The van der Waals surface area contributed by atoms with Crippen LogP contribution in [0.5, 0.6) is 5.75 Å². The van der Waals surface area contributed by atoms with Crippen molar-refractivity contribution in [2.45, 2.75) is 186 Å². The maximum Gasteiger partial charge on any atom is 0.254 e. The van der Waals surface area contributed by atoms with Crippen molar-refractivity contribution in [3.63, 3.8) is 0 Å². The summed E-state index contributed by atoms with van der Waals surface area (Å²) >= 11 is 0. The monoisotopic (exact) mass is 748 g/mol. The number of unbranched alkanes of at least 4 members (excludes halogenated alkanes) is 10. The van der Waals surface area contributed by atoms with Gasteiger partial charge in [0.1, 0.15) is 5.82 Å². The van der Waals surface area contributed by atoms with E-state index in [4.69, 9.17) is 4.43 Å². The van der Waals surface area contributed by atoms with E-state index >= 15 is 13.2 Å². The summed E-state index contributed by atoms with van der Waals surface area (Å²) in [5.74, 6) is -11.1. The summed E-state index contributed by atoms with van der Waals surface area (Å²) in [7, 11) is -5.14. The average Bonchev–Trinajstić information content (AvgIpc) is 3.08. The molecule has 282 valence electrons. The van der Waals surface area contributed by atoms with Crippen molar-refractivity contribution in [2.24, 2.45) is 0 Å². The molecule has 2 rings (SSSR count). The van der Waals surface area contributed by atoms with Gasteiger partial charge in [0.25, 0.3) is 8.32 Å². The topological polar surface area (TPSA) is 9.23 Å². The van der Waals surface area contributed by atoms with Gasteiger partial charge in [0, 0.05) is 22.2 Å². The van der Waals surface area contributed by atoms with Crippen molar-refractivity contribution in [3.05, 3.63) is 41.0 Å². The zero-order chi connectivity index (χ0) is 36.8. The lowest BCUT2D eigenvalue weighted by atomic mass is 10.1. The predicted molar refractivity (Wildman–Crippen MR) is 205 cm³/mol. The zero-order valence-corrected chi connectivity index (χ0v) is 35.0. The standard InChI is InChI=1S/C39H66F6OSi3/c1-9-47(7,10-2)25-21-17-13-15-19-23-27-49(30(5)6,28-24-20-16-14-18-22-26-48(8,11-3)12-4)46-39-37(44)33-31(40)29-32(41)35(42)34(33)36(43)38(39)45/h29-30H,9-28H2,1-8H3. The molecule has 0 saturated heterocycles. The third kappa shape index (κ3) is 12.1. The first kappa shape index (κ1) is 43.9. The molecule has 0 heterocycles. The molecule has 2 aromatic carbocycles. The molecule has 0 atom stereocenters. The van der Waals surface area contributed by atoms with Crippen molar-refractivity contribution < 1.29 is 30.8 Å². The van der Waals surface area contributed by atoms with Gasteiger partial charge in [0.15, 0.2) is 29.0 Å². The quantitative estimate of drug-likeness (QED) is 0.0425. The van der Waals surface area contributed by atoms with E-state index in [1.807, 2.05) is 13.8 Å². The van der Waals surface area contributed by atoms with Crippen molar-refractivity contribution in [1.82, 2.24) is 0 Å². The molecular weight excluding hydrogens is 683 g/mol. The number of fused-ring (bicyclic) bond motifs is 1. The lowest BCUT2D eigenvalue weighted by Crippen LogP contribution is -2.45. The molecule has 0 saturated carbocycles. The Bertz CT molecular complexity index is 1260. The van der Waals surface area contributed by atoms with Gasteiger partial charge in [-0.15, -0.1) is 0 Å². The van der Waals surface area contributed by atoms with Crippen LogP contribution in [0.1, 0.15) is 119 Å². The van der Waals surface area contributed by atoms with Crippen LogP contribution in [-0.4, -0.2) is 24.5 Å². The molecule has 0 aliphatic rings. The minimum atomic E-state index is -2.97. The fraction of sp³-hybridized carbons (Fsp3) is 0.744. The highest BCUT2D eigenvalue weighted by Gasteiger charge is 2.42. The van der Waals surface area contributed by atoms with Crippen molar-refractivity contribution in [1.29, 1.82) is 0 Å². The Labute approximate surface area is 297 Å². The Hall–Kier alpha value is -1.27. The molecule has 0 aromatic heterocycles. The predicted octanol–water partition coefficient (Wildman–Crippen LogP) is 15.3. The van der Waals surface area contributed by atoms with Crippen LogP contribution >= 0.6 is 0 Å². The summed E-state index contributed by atoms with van der Waals surface area (Å²) in [5.41, 5.74) is -0.0590. The molecule has 1 nitrogen and oxygen atoms in total. The minimum Gasteiger partial charge on any atom is -0.539 e. The minimum absolute atomic E-state index is 0.0590. The summed E-state index contributed by atoms with van der Waals surface area (Å²) < 4.78 is 96.0. The molecule has 0 radical (unpaired) electrons. The molecule has 0 bridgehead atoms. The molecule has 0 aliphatic heterocycles. The van der Waals surface area contributed by atoms with Crippen LogP contribution in [0.2, 0.25) is 67.0 Å². The van der Waals surface area contributed by atoms with Gasteiger partial charge in [-0.3, -0.25) is 0 Å². The van der Waals surface area contributed by atoms with Gasteiger partial charge >= 0.3 is 0 Å². The van der Waals surface area contributed by atoms with Crippen LogP contribution in [0, 0.1) is 34.9 Å². The molecule has 0 amide bonds. The highest BCUT2D eigenvalue weighted by atomic mass is 28.4. The second-order valence-corrected chi connectivity index (χ2v) is 31.3. The van der Waals surface area contributed by atoms with E-state index in [0.29, 0.717) is 12.1 Å². The van der Waals surface area contributed by atoms with Crippen molar-refractivity contribution >= 4 is 35.2 Å². The maximum absolute atomic E-state index is 15.8. The van der Waals surface area contributed by atoms with E-state index in [0.717, 1.165) is 51.4 Å². The molecule has 49 heavy (non-hydrogen) atoms. The largest absolute Gasteiger partial charge is 0.539 e. The van der Waals surface area contributed by atoms with E-state index in [2.05, 4.69) is 40.8 Å². The van der Waals surface area contributed by atoms with E-state index < -0.39 is 75.9 Å². The summed E-state index contributed by atoms with van der Waals surface area (Å²) in [6.45, 7) is 18.2. The van der Waals surface area contributed by atoms with Gasteiger partial charge in [-0.1, -0.05) is 168 Å². The van der Waals surface area contributed by atoms with Crippen LogP contribution in [0.4, 0.5) is 26.3 Å². The van der Waals surface area contributed by atoms with Gasteiger partial charge in [-0.05, 0) is 17.6 Å². The summed E-state index contributed by atoms with van der Waals surface area (Å²) in [5, 5.41) is -2.48. The van der Waals surface area contributed by atoms with Crippen LogP contribution in [-0.2, 0) is 0 Å². The van der Waals surface area contributed by atoms with Crippen molar-refractivity contribution in [2.75, 3.05) is 0 Å². The number of rotatable bonds is 25. The van der Waals surface area contributed by atoms with Crippen LogP contribution in [0.15, 0.2) is 6.07 Å². The SMILES string of the molecule is CC[Si](C)(CC)CCCCCCCC[Si](CCCCCCCC[Si](C)(CC)CC)(Oc1c(F)c(F)c2c(F)c(F)cc(F)c2c1F)C(C)C. The van der Waals surface area contributed by atoms with E-state index in [-0.39, 0.29) is 11.6 Å². The van der Waals surface area contributed by atoms with Crippen molar-refractivity contribution in [3.8, 4) is 5.75 Å². The first-order valence-electron chi connectivity index (χ1n) is 19.5. The Balaban J connectivity index is 2.19. The number of hydrogen-bond acceptors (Lipinski definition) is 1. The second-order valence-electron chi connectivity index (χ2n) is 15.8. The molecule has 0 spiro atoms. The number of halogens is 6. The number of benzene rings is 2. The van der Waals surface area contributed by atoms with Gasteiger partial charge in [-0.2, -0.15) is 4.39 Å². The maximum atomic E-state index is 15.8. The van der Waals surface area contributed by atoms with Gasteiger partial charge in [0.05, 0.1) is 10.8 Å². The van der Waals surface area contributed by atoms with Crippen LogP contribution < -0.4 is 4.43 Å². The Morgan fingerprint density at radius 1 is 0.490 bits per heavy atom. The highest BCUT2D eigenvalue weighted by molar-refractivity contribution is 6.79. The first-order chi connectivity index (χ1) is 23.1. The first-order valence-corrected chi connectivity index (χ1v) is 28.1. The lowest BCUT2D eigenvalue weighted by Gasteiger charge is -2.36. The van der Waals surface area contributed by atoms with Gasteiger partial charge in [-0.25, -0.2) is 22.0 Å². The Morgan fingerprint density at radius 3 is 1.27 bits per heavy atom. The van der Waals surface area contributed by atoms with E-state index in [9.17, 15) is 13.2 Å². The van der Waals surface area contributed by atoms with E-state index in [1.165, 1.54) is 61.9 Å². The zero-order valence-electron chi connectivity index (χ0n) is 32.0. The molecule has 10 heteroatoms. The third-order valence-corrected chi connectivity index (χ3v) is 27.3. The fourth-order valence-corrected chi connectivity index (χ4v) is 16.0. The van der Waals surface area contributed by atoms with E-state index in [1.54, 1.807) is 0 Å². The third-order valence-electron chi connectivity index (χ3n) is 12.2. The molecule has 2 aromatic rings. The summed E-state index contributed by atoms with van der Waals surface area (Å²) in [6, 6.07) is 9.47. The molecule has 0 aliphatic carbocycles. The van der Waals surface area contributed by atoms with Gasteiger partial charge < -0.3 is 4.43 Å². The fourth-order valence-electron chi connectivity index (χ4n) is 7.22. The average molecular weight is 749 g/mol. The summed E-state index contributed by atoms with van der Waals surface area (Å²) in [4.78, 5) is 0. The molecule has 0 fully saturated rings. The van der Waals surface area contributed by atoms with Gasteiger partial charge in [0.2, 0.25) is 5.82 Å². The van der Waals surface area contributed by atoms with Crippen LogP contribution in [0.25, 0.3) is 10.8 Å². The Kier molecular flexibility index (Phi) is 18.5.